The van der Waals surface area contributed by atoms with Crippen LogP contribution in [-0.2, 0) is 11.2 Å². The second-order valence-corrected chi connectivity index (χ2v) is 6.22. The highest BCUT2D eigenvalue weighted by Crippen LogP contribution is 2.20. The number of hydrogen-bond donors (Lipinski definition) is 0. The van der Waals surface area contributed by atoms with E-state index in [9.17, 15) is 9.59 Å². The van der Waals surface area contributed by atoms with Gasteiger partial charge < -0.3 is 0 Å². The van der Waals surface area contributed by atoms with Crippen molar-refractivity contribution in [3.8, 4) is 0 Å². The summed E-state index contributed by atoms with van der Waals surface area (Å²) in [5.41, 5.74) is 2.18. The predicted molar refractivity (Wildman–Crippen MR) is 87.2 cm³/mol. The summed E-state index contributed by atoms with van der Waals surface area (Å²) in [6.45, 7) is 1.21. The van der Waals surface area contributed by atoms with Gasteiger partial charge in [0.2, 0.25) is 5.91 Å². The third-order valence-corrected chi connectivity index (χ3v) is 4.37. The number of fused-ring (bicyclic) bond motifs is 1. The number of aromatic nitrogens is 2. The predicted octanol–water partition coefficient (Wildman–Crippen LogP) is 1.48. The molecule has 6 nitrogen and oxygen atoms in total. The van der Waals surface area contributed by atoms with Gasteiger partial charge in [-0.05, 0) is 12.7 Å². The molecule has 0 N–H and O–H groups in total. The second-order valence-electron chi connectivity index (χ2n) is 5.23. The molecular weight excluding hydrogens is 300 g/mol. The fourth-order valence-electron chi connectivity index (χ4n) is 2.58. The van der Waals surface area contributed by atoms with Gasteiger partial charge in [0.25, 0.3) is 5.91 Å². The summed E-state index contributed by atoms with van der Waals surface area (Å²) in [7, 11) is 0. The summed E-state index contributed by atoms with van der Waals surface area (Å²) in [5, 5.41) is 4.48. The van der Waals surface area contributed by atoms with Gasteiger partial charge >= 0.3 is 0 Å². The molecule has 7 heteroatoms. The first-order chi connectivity index (χ1) is 10.7. The first-order valence-corrected chi connectivity index (χ1v) is 8.72. The molecule has 0 atom stereocenters. The maximum atomic E-state index is 12.5. The Morgan fingerprint density at radius 3 is 3.05 bits per heavy atom. The minimum atomic E-state index is -0.230. The van der Waals surface area contributed by atoms with Crippen molar-refractivity contribution in [2.45, 2.75) is 19.3 Å². The Kier molecular flexibility index (Phi) is 4.42. The van der Waals surface area contributed by atoms with Crippen molar-refractivity contribution >= 4 is 35.5 Å². The van der Waals surface area contributed by atoms with Gasteiger partial charge in [0, 0.05) is 44.1 Å². The van der Waals surface area contributed by atoms with Crippen LogP contribution in [0.1, 0.15) is 28.9 Å². The molecule has 0 aromatic carbocycles. The Morgan fingerprint density at radius 2 is 2.32 bits per heavy atom. The van der Waals surface area contributed by atoms with Crippen molar-refractivity contribution in [1.82, 2.24) is 14.7 Å². The quantitative estimate of drug-likeness (QED) is 0.843. The summed E-state index contributed by atoms with van der Waals surface area (Å²) in [6.07, 6.45) is 9.38. The van der Waals surface area contributed by atoms with E-state index in [-0.39, 0.29) is 11.8 Å². The summed E-state index contributed by atoms with van der Waals surface area (Å²) >= 11 is 1.61. The monoisotopic (exact) mass is 318 g/mol. The third kappa shape index (κ3) is 2.85. The van der Waals surface area contributed by atoms with Gasteiger partial charge in [0.15, 0.2) is 0 Å². The molecule has 0 bridgehead atoms. The van der Waals surface area contributed by atoms with E-state index >= 15 is 0 Å². The van der Waals surface area contributed by atoms with Crippen LogP contribution in [0.4, 0.5) is 0 Å². The zero-order valence-electron chi connectivity index (χ0n) is 12.5. The fourth-order valence-corrected chi connectivity index (χ4v) is 2.96. The number of imide groups is 1. The molecule has 0 aliphatic carbocycles. The van der Waals surface area contributed by atoms with Crippen molar-refractivity contribution in [1.29, 1.82) is 0 Å². The minimum absolute atomic E-state index is 0.101. The molecule has 2 aliphatic heterocycles. The smallest absolute Gasteiger partial charge is 0.263 e. The lowest BCUT2D eigenvalue weighted by Crippen LogP contribution is -2.41. The van der Waals surface area contributed by atoms with Crippen molar-refractivity contribution < 1.29 is 9.59 Å². The molecule has 116 valence electrons. The standard InChI is InChI=1S/C15H18N4O2S/c1-22-8-5-14(20)18-7-4-13-12(15(18)21)10-19(17-13)11-3-2-6-16-9-11/h3,9-10H,2,4-8H2,1H3. The molecule has 0 saturated carbocycles. The molecule has 3 rings (SSSR count). The molecule has 2 aliphatic rings. The van der Waals surface area contributed by atoms with Gasteiger partial charge in [-0.2, -0.15) is 16.9 Å². The van der Waals surface area contributed by atoms with Gasteiger partial charge in [-0.3, -0.25) is 19.5 Å². The number of amides is 2. The number of rotatable bonds is 4. The van der Waals surface area contributed by atoms with Crippen molar-refractivity contribution in [3.63, 3.8) is 0 Å². The molecular formula is C15H18N4O2S. The highest BCUT2D eigenvalue weighted by molar-refractivity contribution is 7.98. The average molecular weight is 318 g/mol. The maximum Gasteiger partial charge on any atom is 0.263 e. The number of aliphatic imine (C=N–C) groups is 1. The molecule has 2 amide bonds. The number of hydrogen-bond acceptors (Lipinski definition) is 5. The Bertz CT molecular complexity index is 662. The number of allylic oxidation sites excluding steroid dienone is 1. The molecule has 22 heavy (non-hydrogen) atoms. The zero-order valence-corrected chi connectivity index (χ0v) is 13.3. The maximum absolute atomic E-state index is 12.5. The Hall–Kier alpha value is -1.89. The van der Waals surface area contributed by atoms with Crippen LogP contribution in [0.2, 0.25) is 0 Å². The Morgan fingerprint density at radius 1 is 1.45 bits per heavy atom. The van der Waals surface area contributed by atoms with E-state index in [0.29, 0.717) is 24.9 Å². The SMILES string of the molecule is CSCCC(=O)N1CCc2nn(C3=CCCN=C3)cc2C1=O. The Balaban J connectivity index is 1.81. The summed E-state index contributed by atoms with van der Waals surface area (Å²) in [5.74, 6) is 0.404. The van der Waals surface area contributed by atoms with Crippen LogP contribution in [-0.4, -0.2) is 57.8 Å². The van der Waals surface area contributed by atoms with Crippen LogP contribution < -0.4 is 0 Å². The van der Waals surface area contributed by atoms with E-state index < -0.39 is 0 Å². The fraction of sp³-hybridized carbons (Fsp3) is 0.467. The lowest BCUT2D eigenvalue weighted by atomic mass is 10.1. The van der Waals surface area contributed by atoms with Gasteiger partial charge in [0.1, 0.15) is 0 Å². The molecule has 0 unspecified atom stereocenters. The summed E-state index contributed by atoms with van der Waals surface area (Å²) < 4.78 is 1.70. The lowest BCUT2D eigenvalue weighted by molar-refractivity contribution is -0.128. The minimum Gasteiger partial charge on any atom is -0.291 e. The van der Waals surface area contributed by atoms with Crippen molar-refractivity contribution in [2.24, 2.45) is 4.99 Å². The third-order valence-electron chi connectivity index (χ3n) is 3.76. The molecule has 0 fully saturated rings. The van der Waals surface area contributed by atoms with E-state index in [4.69, 9.17) is 0 Å². The van der Waals surface area contributed by atoms with E-state index in [1.54, 1.807) is 28.9 Å². The molecule has 0 radical (unpaired) electrons. The van der Waals surface area contributed by atoms with Gasteiger partial charge in [-0.1, -0.05) is 6.08 Å². The lowest BCUT2D eigenvalue weighted by Gasteiger charge is -2.24. The molecule has 1 aromatic heterocycles. The highest BCUT2D eigenvalue weighted by atomic mass is 32.2. The van der Waals surface area contributed by atoms with Gasteiger partial charge in [0.05, 0.1) is 17.0 Å². The molecule has 0 spiro atoms. The average Bonchev–Trinajstić information content (AvgIpc) is 2.99. The van der Waals surface area contributed by atoms with E-state index in [1.165, 1.54) is 4.90 Å². The zero-order chi connectivity index (χ0) is 15.5. The second kappa shape index (κ2) is 6.48. The molecule has 3 heterocycles. The number of carbonyl (C=O) groups excluding carboxylic acids is 2. The first-order valence-electron chi connectivity index (χ1n) is 7.33. The number of dihydropyridines is 1. The van der Waals surface area contributed by atoms with Crippen LogP contribution in [0, 0.1) is 0 Å². The van der Waals surface area contributed by atoms with Crippen LogP contribution in [0.5, 0.6) is 0 Å². The van der Waals surface area contributed by atoms with Crippen LogP contribution in [0.15, 0.2) is 17.3 Å². The van der Waals surface area contributed by atoms with Crippen molar-refractivity contribution in [3.05, 3.63) is 23.5 Å². The summed E-state index contributed by atoms with van der Waals surface area (Å²) in [6, 6.07) is 0. The number of carbonyl (C=O) groups is 2. The highest BCUT2D eigenvalue weighted by Gasteiger charge is 2.31. The van der Waals surface area contributed by atoms with E-state index in [1.807, 2.05) is 6.26 Å². The van der Waals surface area contributed by atoms with Crippen LogP contribution in [0.25, 0.3) is 5.70 Å². The molecule has 1 aromatic rings. The number of thioether (sulfide) groups is 1. The Labute approximate surface area is 133 Å². The van der Waals surface area contributed by atoms with Gasteiger partial charge in [-0.15, -0.1) is 0 Å². The van der Waals surface area contributed by atoms with Crippen LogP contribution in [0.3, 0.4) is 0 Å². The normalized spacial score (nSPS) is 17.4. The topological polar surface area (TPSA) is 67.6 Å². The van der Waals surface area contributed by atoms with E-state index in [2.05, 4.69) is 16.2 Å². The van der Waals surface area contributed by atoms with Crippen molar-refractivity contribution in [2.75, 3.05) is 25.1 Å². The first kappa shape index (κ1) is 15.0. The van der Waals surface area contributed by atoms with Gasteiger partial charge in [-0.25, -0.2) is 4.68 Å². The van der Waals surface area contributed by atoms with Crippen LogP contribution >= 0.6 is 11.8 Å². The number of nitrogens with zero attached hydrogens (tertiary/aromatic N) is 4. The largest absolute Gasteiger partial charge is 0.291 e. The van der Waals surface area contributed by atoms with E-state index in [0.717, 1.165) is 30.1 Å². The molecule has 0 saturated heterocycles. The summed E-state index contributed by atoms with van der Waals surface area (Å²) in [4.78, 5) is 30.2.